The van der Waals surface area contributed by atoms with E-state index in [4.69, 9.17) is 14.6 Å². The number of carboxylic acids is 1. The molecule has 0 aromatic heterocycles. The molecule has 1 amide bonds. The fourth-order valence-corrected chi connectivity index (χ4v) is 2.52. The summed E-state index contributed by atoms with van der Waals surface area (Å²) in [6, 6.07) is 5.01. The molecule has 1 fully saturated rings. The Morgan fingerprint density at radius 1 is 1.23 bits per heavy atom. The highest BCUT2D eigenvalue weighted by atomic mass is 16.5. The molecule has 0 aliphatic heterocycles. The van der Waals surface area contributed by atoms with E-state index < -0.39 is 12.6 Å². The number of carbonyl (C=O) groups excluding carboxylic acids is 1. The molecule has 0 radical (unpaired) electrons. The molecule has 1 saturated carbocycles. The number of carbonyl (C=O) groups is 2. The Labute approximate surface area is 129 Å². The number of hydrogen-bond donors (Lipinski definition) is 2. The zero-order valence-electron chi connectivity index (χ0n) is 12.6. The molecule has 0 bridgehead atoms. The second kappa shape index (κ2) is 7.68. The number of ether oxygens (including phenoxy) is 2. The molecule has 0 unspecified atom stereocenters. The van der Waals surface area contributed by atoms with E-state index >= 15 is 0 Å². The van der Waals surface area contributed by atoms with E-state index in [1.807, 2.05) is 6.92 Å². The second-order valence-electron chi connectivity index (χ2n) is 5.23. The van der Waals surface area contributed by atoms with Gasteiger partial charge in [0, 0.05) is 11.6 Å². The number of amides is 1. The Morgan fingerprint density at radius 3 is 2.59 bits per heavy atom. The SMILES string of the molecule is CCOc1cc(C(=O)NC2CCCC2)ccc1OCC(=O)O. The Balaban J connectivity index is 2.09. The molecule has 6 heteroatoms. The molecule has 2 rings (SSSR count). The number of benzene rings is 1. The minimum absolute atomic E-state index is 0.141. The van der Waals surface area contributed by atoms with Gasteiger partial charge < -0.3 is 19.9 Å². The first kappa shape index (κ1) is 16.1. The molecule has 1 aromatic rings. The second-order valence-corrected chi connectivity index (χ2v) is 5.23. The van der Waals surface area contributed by atoms with Crippen molar-refractivity contribution in [2.75, 3.05) is 13.2 Å². The number of aliphatic carboxylic acids is 1. The van der Waals surface area contributed by atoms with E-state index in [9.17, 15) is 9.59 Å². The van der Waals surface area contributed by atoms with Crippen molar-refractivity contribution in [2.24, 2.45) is 0 Å². The quantitative estimate of drug-likeness (QED) is 0.807. The number of hydrogen-bond acceptors (Lipinski definition) is 4. The maximum atomic E-state index is 12.2. The first-order valence-corrected chi connectivity index (χ1v) is 7.52. The summed E-state index contributed by atoms with van der Waals surface area (Å²) in [7, 11) is 0. The van der Waals surface area contributed by atoms with Crippen LogP contribution in [0.3, 0.4) is 0 Å². The molecule has 0 atom stereocenters. The predicted molar refractivity (Wildman–Crippen MR) is 80.5 cm³/mol. The number of nitrogens with one attached hydrogen (secondary N) is 1. The highest BCUT2D eigenvalue weighted by molar-refractivity contribution is 5.95. The minimum atomic E-state index is -1.06. The Morgan fingerprint density at radius 2 is 1.95 bits per heavy atom. The van der Waals surface area contributed by atoms with Crippen LogP contribution in [0.15, 0.2) is 18.2 Å². The number of carboxylic acid groups (broad SMARTS) is 1. The average Bonchev–Trinajstić information content (AvgIpc) is 2.99. The van der Waals surface area contributed by atoms with Gasteiger partial charge in [-0.15, -0.1) is 0 Å². The summed E-state index contributed by atoms with van der Waals surface area (Å²) in [6.45, 7) is 1.76. The first-order chi connectivity index (χ1) is 10.6. The fourth-order valence-electron chi connectivity index (χ4n) is 2.52. The van der Waals surface area contributed by atoms with Crippen molar-refractivity contribution in [1.29, 1.82) is 0 Å². The van der Waals surface area contributed by atoms with Crippen LogP contribution in [-0.2, 0) is 4.79 Å². The number of rotatable bonds is 7. The molecule has 22 heavy (non-hydrogen) atoms. The summed E-state index contributed by atoms with van der Waals surface area (Å²) < 4.78 is 10.6. The maximum absolute atomic E-state index is 12.2. The maximum Gasteiger partial charge on any atom is 0.341 e. The van der Waals surface area contributed by atoms with Gasteiger partial charge in [-0.2, -0.15) is 0 Å². The highest BCUT2D eigenvalue weighted by Crippen LogP contribution is 2.29. The van der Waals surface area contributed by atoms with E-state index in [1.54, 1.807) is 18.2 Å². The molecular formula is C16H21NO5. The van der Waals surface area contributed by atoms with Crippen LogP contribution in [0.2, 0.25) is 0 Å². The van der Waals surface area contributed by atoms with E-state index in [0.29, 0.717) is 23.7 Å². The average molecular weight is 307 g/mol. The summed E-state index contributed by atoms with van der Waals surface area (Å²) >= 11 is 0. The third-order valence-corrected chi connectivity index (χ3v) is 3.55. The third kappa shape index (κ3) is 4.38. The lowest BCUT2D eigenvalue weighted by Gasteiger charge is -2.14. The van der Waals surface area contributed by atoms with Crippen LogP contribution in [0.1, 0.15) is 43.0 Å². The van der Waals surface area contributed by atoms with E-state index in [2.05, 4.69) is 5.32 Å². The fraction of sp³-hybridized carbons (Fsp3) is 0.500. The third-order valence-electron chi connectivity index (χ3n) is 3.55. The normalized spacial score (nSPS) is 14.6. The van der Waals surface area contributed by atoms with Crippen LogP contribution < -0.4 is 14.8 Å². The van der Waals surface area contributed by atoms with Crippen LogP contribution in [0, 0.1) is 0 Å². The molecule has 0 heterocycles. The Kier molecular flexibility index (Phi) is 5.63. The van der Waals surface area contributed by atoms with Crippen LogP contribution >= 0.6 is 0 Å². The smallest absolute Gasteiger partial charge is 0.341 e. The molecule has 0 saturated heterocycles. The molecule has 1 aliphatic rings. The van der Waals surface area contributed by atoms with Gasteiger partial charge >= 0.3 is 5.97 Å². The Bertz CT molecular complexity index is 537. The topological polar surface area (TPSA) is 84.9 Å². The summed E-state index contributed by atoms with van der Waals surface area (Å²) in [6.07, 6.45) is 4.34. The van der Waals surface area contributed by atoms with Crippen molar-refractivity contribution in [3.63, 3.8) is 0 Å². The van der Waals surface area contributed by atoms with Gasteiger partial charge in [-0.25, -0.2) is 4.79 Å². The van der Waals surface area contributed by atoms with E-state index in [0.717, 1.165) is 25.7 Å². The Hall–Kier alpha value is -2.24. The lowest BCUT2D eigenvalue weighted by molar-refractivity contribution is -0.139. The zero-order chi connectivity index (χ0) is 15.9. The van der Waals surface area contributed by atoms with Crippen molar-refractivity contribution in [3.8, 4) is 11.5 Å². The monoisotopic (exact) mass is 307 g/mol. The van der Waals surface area contributed by atoms with E-state index in [-0.39, 0.29) is 11.9 Å². The molecule has 1 aromatic carbocycles. The van der Waals surface area contributed by atoms with E-state index in [1.165, 1.54) is 0 Å². The lowest BCUT2D eigenvalue weighted by Crippen LogP contribution is -2.32. The van der Waals surface area contributed by atoms with Gasteiger partial charge in [-0.05, 0) is 38.0 Å². The van der Waals surface area contributed by atoms with Crippen molar-refractivity contribution >= 4 is 11.9 Å². The summed E-state index contributed by atoms with van der Waals surface area (Å²) in [5.74, 6) is -0.507. The minimum Gasteiger partial charge on any atom is -0.490 e. The standard InChI is InChI=1S/C16H21NO5/c1-2-21-14-9-11(7-8-13(14)22-10-15(18)19)16(20)17-12-5-3-4-6-12/h7-9,12H,2-6,10H2,1H3,(H,17,20)(H,18,19). The first-order valence-electron chi connectivity index (χ1n) is 7.52. The molecule has 0 spiro atoms. The van der Waals surface area contributed by atoms with Crippen LogP contribution in [0.25, 0.3) is 0 Å². The molecule has 1 aliphatic carbocycles. The van der Waals surface area contributed by atoms with Crippen molar-refractivity contribution in [3.05, 3.63) is 23.8 Å². The zero-order valence-corrected chi connectivity index (χ0v) is 12.6. The van der Waals surface area contributed by atoms with Crippen LogP contribution in [0.4, 0.5) is 0 Å². The van der Waals surface area contributed by atoms with Crippen LogP contribution in [0.5, 0.6) is 11.5 Å². The largest absolute Gasteiger partial charge is 0.490 e. The molecule has 2 N–H and O–H groups in total. The van der Waals surface area contributed by atoms with Crippen molar-refractivity contribution in [2.45, 2.75) is 38.6 Å². The van der Waals surface area contributed by atoms with Crippen LogP contribution in [-0.4, -0.2) is 36.2 Å². The molecular weight excluding hydrogens is 286 g/mol. The van der Waals surface area contributed by atoms with Crippen molar-refractivity contribution in [1.82, 2.24) is 5.32 Å². The van der Waals surface area contributed by atoms with Gasteiger partial charge in [0.1, 0.15) is 0 Å². The van der Waals surface area contributed by atoms with Gasteiger partial charge in [0.15, 0.2) is 18.1 Å². The predicted octanol–water partition coefficient (Wildman–Crippen LogP) is 2.22. The van der Waals surface area contributed by atoms with Gasteiger partial charge in [0.05, 0.1) is 6.61 Å². The lowest BCUT2D eigenvalue weighted by atomic mass is 10.1. The van der Waals surface area contributed by atoms with Gasteiger partial charge in [-0.1, -0.05) is 12.8 Å². The van der Waals surface area contributed by atoms with Gasteiger partial charge in [0.25, 0.3) is 5.91 Å². The van der Waals surface area contributed by atoms with Gasteiger partial charge in [0.2, 0.25) is 0 Å². The van der Waals surface area contributed by atoms with Crippen molar-refractivity contribution < 1.29 is 24.2 Å². The summed E-state index contributed by atoms with van der Waals surface area (Å²) in [5, 5.41) is 11.7. The summed E-state index contributed by atoms with van der Waals surface area (Å²) in [4.78, 5) is 22.8. The molecule has 6 nitrogen and oxygen atoms in total. The van der Waals surface area contributed by atoms with Gasteiger partial charge in [-0.3, -0.25) is 4.79 Å². The summed E-state index contributed by atoms with van der Waals surface area (Å²) in [5.41, 5.74) is 0.484. The highest BCUT2D eigenvalue weighted by Gasteiger charge is 2.19. The molecule has 120 valence electrons.